The average Bonchev–Trinajstić information content (AvgIpc) is 2.38. The van der Waals surface area contributed by atoms with Crippen molar-refractivity contribution in [1.82, 2.24) is 9.97 Å². The summed E-state index contributed by atoms with van der Waals surface area (Å²) < 4.78 is 11.0. The van der Waals surface area contributed by atoms with E-state index < -0.39 is 0 Å². The molecule has 0 fully saturated rings. The number of nitrogens with zero attached hydrogens (tertiary/aromatic N) is 2. The summed E-state index contributed by atoms with van der Waals surface area (Å²) in [5.74, 6) is 1.91. The first-order valence-electron chi connectivity index (χ1n) is 5.67. The molecule has 0 atom stereocenters. The molecular weight excluding hydrogens is 252 g/mol. The molecule has 0 saturated heterocycles. The van der Waals surface area contributed by atoms with Crippen LogP contribution in [0.2, 0.25) is 5.28 Å². The zero-order valence-corrected chi connectivity index (χ0v) is 10.7. The maximum Gasteiger partial charge on any atom is 0.225 e. The lowest BCUT2D eigenvalue weighted by Crippen LogP contribution is -1.94. The molecule has 18 heavy (non-hydrogen) atoms. The lowest BCUT2D eigenvalue weighted by molar-refractivity contribution is 0.317. The third-order valence-electron chi connectivity index (χ3n) is 2.12. The molecule has 5 heteroatoms. The number of rotatable bonds is 5. The van der Waals surface area contributed by atoms with E-state index in [1.807, 2.05) is 24.3 Å². The van der Waals surface area contributed by atoms with E-state index in [4.69, 9.17) is 21.1 Å². The quantitative estimate of drug-likeness (QED) is 0.772. The second kappa shape index (κ2) is 6.21. The third kappa shape index (κ3) is 3.60. The third-order valence-corrected chi connectivity index (χ3v) is 2.30. The second-order valence-electron chi connectivity index (χ2n) is 3.59. The van der Waals surface area contributed by atoms with Crippen molar-refractivity contribution in [3.05, 3.63) is 41.8 Å². The van der Waals surface area contributed by atoms with Crippen LogP contribution in [0.15, 0.2) is 36.5 Å². The van der Waals surface area contributed by atoms with Crippen LogP contribution in [-0.4, -0.2) is 16.6 Å². The molecule has 0 aliphatic rings. The molecule has 0 bridgehead atoms. The van der Waals surface area contributed by atoms with Crippen LogP contribution in [-0.2, 0) is 0 Å². The van der Waals surface area contributed by atoms with Crippen LogP contribution in [0.25, 0.3) is 0 Å². The zero-order valence-electron chi connectivity index (χ0n) is 9.97. The number of aromatic nitrogens is 2. The molecule has 2 aromatic rings. The number of benzene rings is 1. The molecule has 0 saturated carbocycles. The molecule has 2 rings (SSSR count). The minimum atomic E-state index is 0.162. The van der Waals surface area contributed by atoms with E-state index in [0.29, 0.717) is 18.2 Å². The summed E-state index contributed by atoms with van der Waals surface area (Å²) in [6.45, 7) is 2.78. The highest BCUT2D eigenvalue weighted by Crippen LogP contribution is 2.22. The van der Waals surface area contributed by atoms with Gasteiger partial charge in [-0.1, -0.05) is 6.92 Å². The van der Waals surface area contributed by atoms with Crippen molar-refractivity contribution in [2.24, 2.45) is 0 Å². The summed E-state index contributed by atoms with van der Waals surface area (Å²) in [6.07, 6.45) is 2.53. The first-order chi connectivity index (χ1) is 8.78. The fourth-order valence-electron chi connectivity index (χ4n) is 1.32. The number of ether oxygens (including phenoxy) is 2. The molecule has 0 N–H and O–H groups in total. The van der Waals surface area contributed by atoms with Gasteiger partial charge in [-0.05, 0) is 42.3 Å². The molecule has 94 valence electrons. The monoisotopic (exact) mass is 264 g/mol. The molecule has 0 amide bonds. The normalized spacial score (nSPS) is 10.1. The van der Waals surface area contributed by atoms with Gasteiger partial charge in [-0.15, -0.1) is 0 Å². The van der Waals surface area contributed by atoms with Gasteiger partial charge in [0, 0.05) is 12.3 Å². The van der Waals surface area contributed by atoms with E-state index >= 15 is 0 Å². The van der Waals surface area contributed by atoms with Crippen molar-refractivity contribution in [3.63, 3.8) is 0 Å². The Kier molecular flexibility index (Phi) is 4.36. The zero-order chi connectivity index (χ0) is 12.8. The summed E-state index contributed by atoms with van der Waals surface area (Å²) in [4.78, 5) is 7.72. The Morgan fingerprint density at radius 3 is 2.50 bits per heavy atom. The van der Waals surface area contributed by atoms with Gasteiger partial charge in [-0.3, -0.25) is 0 Å². The number of hydrogen-bond donors (Lipinski definition) is 0. The first-order valence-corrected chi connectivity index (χ1v) is 6.05. The van der Waals surface area contributed by atoms with E-state index in [2.05, 4.69) is 16.9 Å². The maximum atomic E-state index is 5.67. The summed E-state index contributed by atoms with van der Waals surface area (Å²) in [5.41, 5.74) is 0. The first kappa shape index (κ1) is 12.6. The Morgan fingerprint density at radius 2 is 1.83 bits per heavy atom. The van der Waals surface area contributed by atoms with Crippen molar-refractivity contribution < 1.29 is 9.47 Å². The molecular formula is C13H13ClN2O2. The van der Waals surface area contributed by atoms with Crippen molar-refractivity contribution >= 4 is 11.6 Å². The highest BCUT2D eigenvalue weighted by molar-refractivity contribution is 6.28. The fourth-order valence-corrected chi connectivity index (χ4v) is 1.46. The second-order valence-corrected chi connectivity index (χ2v) is 3.92. The van der Waals surface area contributed by atoms with Gasteiger partial charge in [-0.25, -0.2) is 4.98 Å². The van der Waals surface area contributed by atoms with Gasteiger partial charge in [0.05, 0.1) is 6.61 Å². The van der Waals surface area contributed by atoms with E-state index in [9.17, 15) is 0 Å². The highest BCUT2D eigenvalue weighted by Gasteiger charge is 2.00. The largest absolute Gasteiger partial charge is 0.494 e. The lowest BCUT2D eigenvalue weighted by Gasteiger charge is -2.07. The van der Waals surface area contributed by atoms with Crippen molar-refractivity contribution in [2.45, 2.75) is 13.3 Å². The van der Waals surface area contributed by atoms with E-state index in [1.165, 1.54) is 0 Å². The van der Waals surface area contributed by atoms with Gasteiger partial charge in [-0.2, -0.15) is 4.98 Å². The van der Waals surface area contributed by atoms with Crippen LogP contribution in [0.5, 0.6) is 17.4 Å². The fraction of sp³-hybridized carbons (Fsp3) is 0.231. The molecule has 1 heterocycles. The molecule has 0 aliphatic carbocycles. The van der Waals surface area contributed by atoms with Crippen LogP contribution in [0.3, 0.4) is 0 Å². The van der Waals surface area contributed by atoms with Gasteiger partial charge < -0.3 is 9.47 Å². The molecule has 0 spiro atoms. The Balaban J connectivity index is 2.02. The molecule has 0 radical (unpaired) electrons. The average molecular weight is 265 g/mol. The Bertz CT molecular complexity index is 503. The minimum Gasteiger partial charge on any atom is -0.494 e. The predicted molar refractivity (Wildman–Crippen MR) is 69.3 cm³/mol. The topological polar surface area (TPSA) is 44.2 Å². The lowest BCUT2D eigenvalue weighted by atomic mass is 10.3. The molecule has 0 aliphatic heterocycles. The Labute approximate surface area is 111 Å². The maximum absolute atomic E-state index is 5.67. The molecule has 0 unspecified atom stereocenters. The summed E-state index contributed by atoms with van der Waals surface area (Å²) in [6, 6.07) is 9.00. The van der Waals surface area contributed by atoms with E-state index in [-0.39, 0.29) is 5.28 Å². The van der Waals surface area contributed by atoms with Gasteiger partial charge in [0.15, 0.2) is 0 Å². The standard InChI is InChI=1S/C13H13ClN2O2/c1-2-9-17-10-3-5-11(6-4-10)18-12-7-8-15-13(14)16-12/h3-8H,2,9H2,1H3. The summed E-state index contributed by atoms with van der Waals surface area (Å²) in [5, 5.41) is 0.162. The van der Waals surface area contributed by atoms with Crippen LogP contribution in [0.1, 0.15) is 13.3 Å². The van der Waals surface area contributed by atoms with Gasteiger partial charge in [0.2, 0.25) is 11.2 Å². The Morgan fingerprint density at radius 1 is 1.11 bits per heavy atom. The molecule has 1 aromatic heterocycles. The Hall–Kier alpha value is -1.81. The van der Waals surface area contributed by atoms with Crippen molar-refractivity contribution in [1.29, 1.82) is 0 Å². The van der Waals surface area contributed by atoms with Crippen LogP contribution in [0.4, 0.5) is 0 Å². The summed E-state index contributed by atoms with van der Waals surface area (Å²) >= 11 is 5.67. The van der Waals surface area contributed by atoms with Crippen LogP contribution < -0.4 is 9.47 Å². The van der Waals surface area contributed by atoms with Gasteiger partial charge in [0.1, 0.15) is 11.5 Å². The van der Waals surface area contributed by atoms with Crippen LogP contribution in [0, 0.1) is 0 Å². The minimum absolute atomic E-state index is 0.162. The highest BCUT2D eigenvalue weighted by atomic mass is 35.5. The summed E-state index contributed by atoms with van der Waals surface area (Å²) in [7, 11) is 0. The predicted octanol–water partition coefficient (Wildman–Crippen LogP) is 3.71. The SMILES string of the molecule is CCCOc1ccc(Oc2ccnc(Cl)n2)cc1. The van der Waals surface area contributed by atoms with Gasteiger partial charge >= 0.3 is 0 Å². The van der Waals surface area contributed by atoms with E-state index in [0.717, 1.165) is 12.2 Å². The number of hydrogen-bond acceptors (Lipinski definition) is 4. The van der Waals surface area contributed by atoms with Gasteiger partial charge in [0.25, 0.3) is 0 Å². The van der Waals surface area contributed by atoms with Crippen molar-refractivity contribution in [3.8, 4) is 17.4 Å². The van der Waals surface area contributed by atoms with E-state index in [1.54, 1.807) is 12.3 Å². The van der Waals surface area contributed by atoms with Crippen LogP contribution >= 0.6 is 11.6 Å². The smallest absolute Gasteiger partial charge is 0.225 e. The number of halogens is 1. The molecule has 4 nitrogen and oxygen atoms in total. The molecule has 1 aromatic carbocycles. The van der Waals surface area contributed by atoms with Crippen molar-refractivity contribution in [2.75, 3.05) is 6.61 Å².